The molecule has 0 amide bonds. The molecule has 0 radical (unpaired) electrons. The van der Waals surface area contributed by atoms with Gasteiger partial charge in [-0.05, 0) is 19.1 Å². The fourth-order valence-corrected chi connectivity index (χ4v) is 1.63. The van der Waals surface area contributed by atoms with Gasteiger partial charge in [0.2, 0.25) is 0 Å². The zero-order chi connectivity index (χ0) is 12.3. The van der Waals surface area contributed by atoms with Crippen molar-refractivity contribution in [3.05, 3.63) is 36.2 Å². The van der Waals surface area contributed by atoms with Crippen LogP contribution in [-0.2, 0) is 0 Å². The Labute approximate surface area is 101 Å². The summed E-state index contributed by atoms with van der Waals surface area (Å²) >= 11 is 0. The molecule has 0 fully saturated rings. The van der Waals surface area contributed by atoms with Gasteiger partial charge in [0.05, 0.1) is 12.8 Å². The SMILES string of the molecule is CNc1cc(-c2cccc(OC)c2)nc(C)n1. The molecule has 1 aromatic carbocycles. The molecule has 1 N–H and O–H groups in total. The number of rotatable bonds is 3. The molecule has 0 saturated heterocycles. The van der Waals surface area contributed by atoms with Crippen LogP contribution in [-0.4, -0.2) is 24.1 Å². The Balaban J connectivity index is 2.47. The van der Waals surface area contributed by atoms with Crippen LogP contribution in [0.1, 0.15) is 5.82 Å². The first kappa shape index (κ1) is 11.4. The average Bonchev–Trinajstić information content (AvgIpc) is 2.38. The highest BCUT2D eigenvalue weighted by atomic mass is 16.5. The third kappa shape index (κ3) is 2.53. The standard InChI is InChI=1S/C13H15N3O/c1-9-15-12(8-13(14-2)16-9)10-5-4-6-11(7-10)17-3/h4-8H,1-3H3,(H,14,15,16). The highest BCUT2D eigenvalue weighted by molar-refractivity contribution is 5.64. The summed E-state index contributed by atoms with van der Waals surface area (Å²) in [7, 11) is 3.50. The minimum absolute atomic E-state index is 0.745. The second kappa shape index (κ2) is 4.82. The van der Waals surface area contributed by atoms with Crippen LogP contribution in [0.15, 0.2) is 30.3 Å². The van der Waals surface area contributed by atoms with E-state index in [9.17, 15) is 0 Å². The first-order valence-electron chi connectivity index (χ1n) is 5.41. The predicted octanol–water partition coefficient (Wildman–Crippen LogP) is 2.50. The van der Waals surface area contributed by atoms with Crippen LogP contribution in [0.4, 0.5) is 5.82 Å². The normalized spacial score (nSPS) is 10.1. The van der Waals surface area contributed by atoms with E-state index >= 15 is 0 Å². The molecular formula is C13H15N3O. The van der Waals surface area contributed by atoms with Gasteiger partial charge in [-0.3, -0.25) is 0 Å². The van der Waals surface area contributed by atoms with Crippen LogP contribution in [0.3, 0.4) is 0 Å². The number of nitrogens with zero attached hydrogens (tertiary/aromatic N) is 2. The van der Waals surface area contributed by atoms with Crippen molar-refractivity contribution in [3.8, 4) is 17.0 Å². The highest BCUT2D eigenvalue weighted by Gasteiger charge is 2.04. The summed E-state index contributed by atoms with van der Waals surface area (Å²) in [5.74, 6) is 2.38. The lowest BCUT2D eigenvalue weighted by atomic mass is 10.1. The van der Waals surface area contributed by atoms with E-state index in [4.69, 9.17) is 4.74 Å². The molecule has 4 nitrogen and oxygen atoms in total. The van der Waals surface area contributed by atoms with Crippen molar-refractivity contribution in [2.75, 3.05) is 19.5 Å². The maximum absolute atomic E-state index is 5.20. The van der Waals surface area contributed by atoms with Gasteiger partial charge in [0, 0.05) is 18.7 Å². The van der Waals surface area contributed by atoms with Crippen LogP contribution in [0.25, 0.3) is 11.3 Å². The van der Waals surface area contributed by atoms with Gasteiger partial charge in [0.15, 0.2) is 0 Å². The fraction of sp³-hybridized carbons (Fsp3) is 0.231. The van der Waals surface area contributed by atoms with Crippen LogP contribution in [0, 0.1) is 6.92 Å². The Kier molecular flexibility index (Phi) is 3.23. The van der Waals surface area contributed by atoms with Crippen molar-refractivity contribution >= 4 is 5.82 Å². The Morgan fingerprint density at radius 3 is 2.71 bits per heavy atom. The predicted molar refractivity (Wildman–Crippen MR) is 68.3 cm³/mol. The Hall–Kier alpha value is -2.10. The molecule has 0 atom stereocenters. The van der Waals surface area contributed by atoms with Crippen LogP contribution < -0.4 is 10.1 Å². The average molecular weight is 229 g/mol. The molecule has 0 aliphatic carbocycles. The molecule has 1 heterocycles. The number of anilines is 1. The van der Waals surface area contributed by atoms with Gasteiger partial charge in [-0.2, -0.15) is 0 Å². The second-order valence-corrected chi connectivity index (χ2v) is 3.67. The van der Waals surface area contributed by atoms with Crippen molar-refractivity contribution in [2.45, 2.75) is 6.92 Å². The van der Waals surface area contributed by atoms with Crippen molar-refractivity contribution in [3.63, 3.8) is 0 Å². The molecule has 2 aromatic rings. The number of nitrogens with one attached hydrogen (secondary N) is 1. The molecule has 17 heavy (non-hydrogen) atoms. The molecule has 0 unspecified atom stereocenters. The van der Waals surface area contributed by atoms with E-state index in [1.165, 1.54) is 0 Å². The lowest BCUT2D eigenvalue weighted by Crippen LogP contribution is -1.98. The van der Waals surface area contributed by atoms with E-state index in [1.807, 2.05) is 44.3 Å². The number of ether oxygens (including phenoxy) is 1. The molecule has 2 rings (SSSR count). The quantitative estimate of drug-likeness (QED) is 0.878. The summed E-state index contributed by atoms with van der Waals surface area (Å²) in [6.45, 7) is 1.88. The molecule has 1 aromatic heterocycles. The monoisotopic (exact) mass is 229 g/mol. The van der Waals surface area contributed by atoms with Crippen molar-refractivity contribution in [2.24, 2.45) is 0 Å². The third-order valence-corrected chi connectivity index (χ3v) is 2.46. The van der Waals surface area contributed by atoms with E-state index in [0.717, 1.165) is 28.6 Å². The lowest BCUT2D eigenvalue weighted by Gasteiger charge is -2.07. The number of aryl methyl sites for hydroxylation is 1. The van der Waals surface area contributed by atoms with Crippen molar-refractivity contribution in [1.82, 2.24) is 9.97 Å². The van der Waals surface area contributed by atoms with E-state index in [-0.39, 0.29) is 0 Å². The van der Waals surface area contributed by atoms with Gasteiger partial charge in [-0.15, -0.1) is 0 Å². The van der Waals surface area contributed by atoms with E-state index in [0.29, 0.717) is 0 Å². The number of hydrogen-bond acceptors (Lipinski definition) is 4. The summed E-state index contributed by atoms with van der Waals surface area (Å²) in [6.07, 6.45) is 0. The van der Waals surface area contributed by atoms with Gasteiger partial charge in [-0.1, -0.05) is 12.1 Å². The first-order chi connectivity index (χ1) is 8.22. The van der Waals surface area contributed by atoms with Gasteiger partial charge in [-0.25, -0.2) is 9.97 Å². The van der Waals surface area contributed by atoms with E-state index < -0.39 is 0 Å². The van der Waals surface area contributed by atoms with Crippen LogP contribution in [0.5, 0.6) is 5.75 Å². The van der Waals surface area contributed by atoms with Crippen LogP contribution in [0.2, 0.25) is 0 Å². The fourth-order valence-electron chi connectivity index (χ4n) is 1.63. The number of aromatic nitrogens is 2. The lowest BCUT2D eigenvalue weighted by molar-refractivity contribution is 0.415. The second-order valence-electron chi connectivity index (χ2n) is 3.67. The van der Waals surface area contributed by atoms with E-state index in [1.54, 1.807) is 7.11 Å². The van der Waals surface area contributed by atoms with Crippen LogP contribution >= 0.6 is 0 Å². The molecule has 0 aliphatic heterocycles. The molecule has 0 bridgehead atoms. The minimum Gasteiger partial charge on any atom is -0.497 e. The van der Waals surface area contributed by atoms with Crippen molar-refractivity contribution < 1.29 is 4.74 Å². The zero-order valence-electron chi connectivity index (χ0n) is 10.2. The van der Waals surface area contributed by atoms with Gasteiger partial charge >= 0.3 is 0 Å². The first-order valence-corrected chi connectivity index (χ1v) is 5.41. The summed E-state index contributed by atoms with van der Waals surface area (Å²) in [6, 6.07) is 9.74. The minimum atomic E-state index is 0.745. The Morgan fingerprint density at radius 1 is 1.18 bits per heavy atom. The summed E-state index contributed by atoms with van der Waals surface area (Å²) in [5.41, 5.74) is 1.91. The Morgan fingerprint density at radius 2 is 2.00 bits per heavy atom. The molecule has 0 aliphatic rings. The maximum Gasteiger partial charge on any atom is 0.130 e. The van der Waals surface area contributed by atoms with Crippen molar-refractivity contribution in [1.29, 1.82) is 0 Å². The third-order valence-electron chi connectivity index (χ3n) is 2.46. The maximum atomic E-state index is 5.20. The van der Waals surface area contributed by atoms with Gasteiger partial charge < -0.3 is 10.1 Å². The number of methoxy groups -OCH3 is 1. The largest absolute Gasteiger partial charge is 0.497 e. The molecule has 0 saturated carbocycles. The number of benzene rings is 1. The highest BCUT2D eigenvalue weighted by Crippen LogP contribution is 2.23. The summed E-state index contributed by atoms with van der Waals surface area (Å²) < 4.78 is 5.20. The van der Waals surface area contributed by atoms with Gasteiger partial charge in [0.1, 0.15) is 17.4 Å². The molecule has 88 valence electrons. The number of hydrogen-bond donors (Lipinski definition) is 1. The molecule has 0 spiro atoms. The van der Waals surface area contributed by atoms with Gasteiger partial charge in [0.25, 0.3) is 0 Å². The van der Waals surface area contributed by atoms with E-state index in [2.05, 4.69) is 15.3 Å². The smallest absolute Gasteiger partial charge is 0.130 e. The Bertz CT molecular complexity index is 526. The zero-order valence-corrected chi connectivity index (χ0v) is 10.2. The topological polar surface area (TPSA) is 47.0 Å². The molecular weight excluding hydrogens is 214 g/mol. The summed E-state index contributed by atoms with van der Waals surface area (Å²) in [5, 5.41) is 3.02. The summed E-state index contributed by atoms with van der Waals surface area (Å²) in [4.78, 5) is 8.69. The molecule has 4 heteroatoms.